The van der Waals surface area contributed by atoms with Gasteiger partial charge in [0.25, 0.3) is 0 Å². The van der Waals surface area contributed by atoms with Gasteiger partial charge in [-0.3, -0.25) is 10.1 Å². The molecule has 0 aliphatic heterocycles. The van der Waals surface area contributed by atoms with Crippen LogP contribution in [0.1, 0.15) is 11.1 Å². The monoisotopic (exact) mass is 278 g/mol. The maximum atomic E-state index is 11.0. The van der Waals surface area contributed by atoms with Crippen molar-refractivity contribution in [1.29, 1.82) is 0 Å². The third-order valence-electron chi connectivity index (χ3n) is 2.55. The number of rotatable bonds is 4. The molecule has 1 aromatic carbocycles. The molecule has 2 aromatic rings. The average Bonchev–Trinajstić information content (AvgIpc) is 2.41. The van der Waals surface area contributed by atoms with Crippen LogP contribution in [0.2, 0.25) is 0 Å². The van der Waals surface area contributed by atoms with Gasteiger partial charge in [-0.1, -0.05) is 18.2 Å². The summed E-state index contributed by atoms with van der Waals surface area (Å²) in [7, 11) is 0. The molecule has 0 N–H and O–H groups in total. The number of aryl methyl sites for hydroxylation is 1. The largest absolute Gasteiger partial charge is 0.432 e. The molecule has 0 saturated carbocycles. The smallest absolute Gasteiger partial charge is 0.311 e. The first-order chi connectivity index (χ1) is 9.11. The van der Waals surface area contributed by atoms with Crippen LogP contribution < -0.4 is 4.74 Å². The Morgan fingerprint density at radius 3 is 2.74 bits per heavy atom. The summed E-state index contributed by atoms with van der Waals surface area (Å²) in [5, 5.41) is 11.0. The number of benzene rings is 1. The number of nitro groups is 1. The molecule has 5 nitrogen and oxygen atoms in total. The van der Waals surface area contributed by atoms with Crippen LogP contribution in [0, 0.1) is 17.0 Å². The van der Waals surface area contributed by atoms with Gasteiger partial charge in [0, 0.05) is 24.2 Å². The normalized spacial score (nSPS) is 10.2. The van der Waals surface area contributed by atoms with Crippen LogP contribution in [-0.4, -0.2) is 9.91 Å². The maximum absolute atomic E-state index is 11.0. The lowest BCUT2D eigenvalue weighted by Crippen LogP contribution is -1.96. The van der Waals surface area contributed by atoms with Crippen LogP contribution in [0.3, 0.4) is 0 Å². The summed E-state index contributed by atoms with van der Waals surface area (Å²) >= 11 is 5.66. The standard InChI is InChI=1S/C13H11ClN2O3/c1-9-3-2-4-11(16(17)18)13(9)19-12-6-5-10(7-14)8-15-12/h2-6,8H,7H2,1H3. The Labute approximate surface area is 115 Å². The number of aromatic nitrogens is 1. The van der Waals surface area contributed by atoms with E-state index >= 15 is 0 Å². The molecule has 0 bridgehead atoms. The topological polar surface area (TPSA) is 65.3 Å². The summed E-state index contributed by atoms with van der Waals surface area (Å²) in [5.41, 5.74) is 1.45. The molecule has 1 heterocycles. The SMILES string of the molecule is Cc1cccc([N+](=O)[O-])c1Oc1ccc(CCl)cn1. The highest BCUT2D eigenvalue weighted by atomic mass is 35.5. The van der Waals surface area contributed by atoms with Crippen molar-refractivity contribution in [3.63, 3.8) is 0 Å². The van der Waals surface area contributed by atoms with E-state index in [0.29, 0.717) is 17.3 Å². The summed E-state index contributed by atoms with van der Waals surface area (Å²) in [6.45, 7) is 1.75. The molecule has 0 saturated heterocycles. The Kier molecular flexibility index (Phi) is 3.97. The second-order valence-electron chi connectivity index (χ2n) is 3.92. The number of nitrogens with zero attached hydrogens (tertiary/aromatic N) is 2. The van der Waals surface area contributed by atoms with E-state index in [9.17, 15) is 10.1 Å². The number of pyridine rings is 1. The van der Waals surface area contributed by atoms with E-state index in [4.69, 9.17) is 16.3 Å². The predicted molar refractivity (Wildman–Crippen MR) is 71.7 cm³/mol. The lowest BCUT2D eigenvalue weighted by atomic mass is 10.2. The van der Waals surface area contributed by atoms with Gasteiger partial charge in [-0.15, -0.1) is 11.6 Å². The molecule has 2 rings (SSSR count). The van der Waals surface area contributed by atoms with E-state index in [1.807, 2.05) is 0 Å². The number of hydrogen-bond acceptors (Lipinski definition) is 4. The van der Waals surface area contributed by atoms with E-state index in [2.05, 4.69) is 4.98 Å². The number of hydrogen-bond donors (Lipinski definition) is 0. The second-order valence-corrected chi connectivity index (χ2v) is 4.19. The Morgan fingerprint density at radius 1 is 1.37 bits per heavy atom. The Bertz CT molecular complexity index is 599. The minimum absolute atomic E-state index is 0.0804. The molecule has 0 fully saturated rings. The Morgan fingerprint density at radius 2 is 2.16 bits per heavy atom. The minimum atomic E-state index is -0.477. The van der Waals surface area contributed by atoms with Crippen LogP contribution in [0.4, 0.5) is 5.69 Å². The van der Waals surface area contributed by atoms with E-state index in [1.54, 1.807) is 37.4 Å². The number of para-hydroxylation sites is 1. The van der Waals surface area contributed by atoms with Crippen LogP contribution in [-0.2, 0) is 5.88 Å². The fourth-order valence-corrected chi connectivity index (χ4v) is 1.73. The van der Waals surface area contributed by atoms with Gasteiger partial charge in [0.1, 0.15) is 0 Å². The van der Waals surface area contributed by atoms with Gasteiger partial charge >= 0.3 is 5.69 Å². The molecular weight excluding hydrogens is 268 g/mol. The number of nitro benzene ring substituents is 1. The molecule has 0 amide bonds. The van der Waals surface area contributed by atoms with Gasteiger partial charge in [0.15, 0.2) is 0 Å². The van der Waals surface area contributed by atoms with E-state index in [0.717, 1.165) is 5.56 Å². The van der Waals surface area contributed by atoms with Crippen molar-refractivity contribution in [1.82, 2.24) is 4.98 Å². The summed E-state index contributed by atoms with van der Waals surface area (Å²) in [6, 6.07) is 8.16. The van der Waals surface area contributed by atoms with Gasteiger partial charge in [0.05, 0.1) is 4.92 Å². The molecule has 0 atom stereocenters. The lowest BCUT2D eigenvalue weighted by Gasteiger charge is -2.08. The van der Waals surface area contributed by atoms with Crippen molar-refractivity contribution in [3.05, 3.63) is 57.8 Å². The fraction of sp³-hybridized carbons (Fsp3) is 0.154. The van der Waals surface area contributed by atoms with Crippen molar-refractivity contribution < 1.29 is 9.66 Å². The zero-order chi connectivity index (χ0) is 13.8. The molecule has 0 aliphatic carbocycles. The highest BCUT2D eigenvalue weighted by molar-refractivity contribution is 6.17. The van der Waals surface area contributed by atoms with E-state index < -0.39 is 4.92 Å². The molecule has 0 aliphatic rings. The first-order valence-corrected chi connectivity index (χ1v) is 6.08. The first-order valence-electron chi connectivity index (χ1n) is 5.54. The van der Waals surface area contributed by atoms with E-state index in [-0.39, 0.29) is 11.4 Å². The minimum Gasteiger partial charge on any atom is -0.432 e. The Hall–Kier alpha value is -2.14. The maximum Gasteiger partial charge on any atom is 0.311 e. The zero-order valence-corrected chi connectivity index (χ0v) is 10.9. The molecule has 19 heavy (non-hydrogen) atoms. The predicted octanol–water partition coefficient (Wildman–Crippen LogP) is 3.83. The average molecular weight is 279 g/mol. The van der Waals surface area contributed by atoms with Crippen LogP contribution in [0.25, 0.3) is 0 Å². The summed E-state index contributed by atoms with van der Waals surface area (Å²) in [5.74, 6) is 0.863. The summed E-state index contributed by atoms with van der Waals surface area (Å²) in [6.07, 6.45) is 1.58. The zero-order valence-electron chi connectivity index (χ0n) is 10.2. The molecule has 0 spiro atoms. The van der Waals surface area contributed by atoms with Gasteiger partial charge in [-0.2, -0.15) is 0 Å². The highest BCUT2D eigenvalue weighted by Crippen LogP contribution is 2.33. The van der Waals surface area contributed by atoms with Crippen molar-refractivity contribution in [2.45, 2.75) is 12.8 Å². The summed E-state index contributed by atoms with van der Waals surface area (Å²) < 4.78 is 5.51. The second kappa shape index (κ2) is 5.67. The Balaban J connectivity index is 2.34. The fourth-order valence-electron chi connectivity index (χ4n) is 1.57. The van der Waals surface area contributed by atoms with Gasteiger partial charge in [-0.25, -0.2) is 4.98 Å². The molecule has 98 valence electrons. The lowest BCUT2D eigenvalue weighted by molar-refractivity contribution is -0.385. The molecule has 0 radical (unpaired) electrons. The van der Waals surface area contributed by atoms with Gasteiger partial charge in [0.2, 0.25) is 11.6 Å². The van der Waals surface area contributed by atoms with E-state index in [1.165, 1.54) is 6.07 Å². The third-order valence-corrected chi connectivity index (χ3v) is 2.85. The molecular formula is C13H11ClN2O3. The number of ether oxygens (including phenoxy) is 1. The van der Waals surface area contributed by atoms with Gasteiger partial charge in [-0.05, 0) is 18.1 Å². The quantitative estimate of drug-likeness (QED) is 0.484. The van der Waals surface area contributed by atoms with Crippen LogP contribution in [0.5, 0.6) is 11.6 Å². The van der Waals surface area contributed by atoms with Crippen LogP contribution in [0.15, 0.2) is 36.5 Å². The highest BCUT2D eigenvalue weighted by Gasteiger charge is 2.18. The van der Waals surface area contributed by atoms with Crippen molar-refractivity contribution in [2.75, 3.05) is 0 Å². The first kappa shape index (κ1) is 13.3. The summed E-state index contributed by atoms with van der Waals surface area (Å²) in [4.78, 5) is 14.5. The van der Waals surface area contributed by atoms with Gasteiger partial charge < -0.3 is 4.74 Å². The molecule has 1 aromatic heterocycles. The molecule has 0 unspecified atom stereocenters. The number of alkyl halides is 1. The number of halogens is 1. The van der Waals surface area contributed by atoms with Crippen molar-refractivity contribution in [3.8, 4) is 11.6 Å². The van der Waals surface area contributed by atoms with Crippen molar-refractivity contribution >= 4 is 17.3 Å². The molecule has 6 heteroatoms. The van der Waals surface area contributed by atoms with Crippen LogP contribution >= 0.6 is 11.6 Å². The third kappa shape index (κ3) is 3.00. The van der Waals surface area contributed by atoms with Crippen molar-refractivity contribution in [2.24, 2.45) is 0 Å².